The van der Waals surface area contributed by atoms with Crippen molar-refractivity contribution in [2.24, 2.45) is 5.92 Å². The average molecular weight is 311 g/mol. The number of benzene rings is 1. The summed E-state index contributed by atoms with van der Waals surface area (Å²) in [5, 5.41) is 1.26. The Balaban J connectivity index is 1.51. The first kappa shape index (κ1) is 14.3. The number of carbonyl (C=O) groups excluding carboxylic acids is 2. The molecule has 0 radical (unpaired) electrons. The lowest BCUT2D eigenvalue weighted by molar-refractivity contribution is -0.139. The van der Waals surface area contributed by atoms with Gasteiger partial charge in [-0.05, 0) is 30.9 Å². The Labute approximate surface area is 135 Å². The number of rotatable bonds is 2. The van der Waals surface area contributed by atoms with Crippen LogP contribution in [0.2, 0.25) is 0 Å². The van der Waals surface area contributed by atoms with Crippen LogP contribution in [0, 0.1) is 5.92 Å². The van der Waals surface area contributed by atoms with Gasteiger partial charge in [-0.25, -0.2) is 0 Å². The number of aromatic amines is 1. The monoisotopic (exact) mass is 311 g/mol. The fourth-order valence-corrected chi connectivity index (χ4v) is 3.89. The zero-order valence-corrected chi connectivity index (χ0v) is 13.1. The summed E-state index contributed by atoms with van der Waals surface area (Å²) in [5.74, 6) is 0.330. The zero-order chi connectivity index (χ0) is 15.8. The van der Waals surface area contributed by atoms with Crippen molar-refractivity contribution in [1.29, 1.82) is 0 Å². The van der Waals surface area contributed by atoms with Gasteiger partial charge < -0.3 is 14.8 Å². The first-order valence-electron chi connectivity index (χ1n) is 8.33. The second kappa shape index (κ2) is 5.72. The molecule has 2 aliphatic rings. The van der Waals surface area contributed by atoms with Crippen LogP contribution in [0.4, 0.5) is 0 Å². The Hall–Kier alpha value is -2.30. The van der Waals surface area contributed by atoms with E-state index < -0.39 is 0 Å². The number of aromatic nitrogens is 1. The van der Waals surface area contributed by atoms with Gasteiger partial charge in [0, 0.05) is 48.7 Å². The summed E-state index contributed by atoms with van der Waals surface area (Å²) in [6.07, 6.45) is 3.55. The minimum Gasteiger partial charge on any atom is -0.358 e. The van der Waals surface area contributed by atoms with E-state index in [4.69, 9.17) is 0 Å². The number of nitrogens with one attached hydrogen (secondary N) is 1. The van der Waals surface area contributed by atoms with E-state index in [1.165, 1.54) is 22.2 Å². The molecule has 120 valence electrons. The number of carbonyl (C=O) groups is 2. The number of hydrogen-bond donors (Lipinski definition) is 1. The fourth-order valence-electron chi connectivity index (χ4n) is 3.89. The topological polar surface area (TPSA) is 56.4 Å². The predicted molar refractivity (Wildman–Crippen MR) is 88.0 cm³/mol. The molecule has 1 saturated heterocycles. The smallest absolute Gasteiger partial charge is 0.226 e. The molecule has 1 aromatic carbocycles. The lowest BCUT2D eigenvalue weighted by atomic mass is 9.85. The van der Waals surface area contributed by atoms with Gasteiger partial charge in [0.05, 0.1) is 0 Å². The summed E-state index contributed by atoms with van der Waals surface area (Å²) < 4.78 is 0. The highest BCUT2D eigenvalue weighted by molar-refractivity contribution is 5.87. The molecule has 1 atom stereocenters. The van der Waals surface area contributed by atoms with Gasteiger partial charge in [-0.2, -0.15) is 0 Å². The molecule has 23 heavy (non-hydrogen) atoms. The molecular weight excluding hydrogens is 290 g/mol. The van der Waals surface area contributed by atoms with Gasteiger partial charge in [-0.15, -0.1) is 0 Å². The molecule has 1 unspecified atom stereocenters. The maximum absolute atomic E-state index is 12.8. The van der Waals surface area contributed by atoms with Crippen LogP contribution in [0.1, 0.15) is 17.7 Å². The van der Waals surface area contributed by atoms with E-state index in [0.29, 0.717) is 26.2 Å². The molecule has 1 fully saturated rings. The number of fused-ring (bicyclic) bond motifs is 3. The van der Waals surface area contributed by atoms with Crippen molar-refractivity contribution >= 4 is 23.2 Å². The van der Waals surface area contributed by atoms with Crippen molar-refractivity contribution in [3.63, 3.8) is 0 Å². The molecule has 2 amide bonds. The normalized spacial score (nSPS) is 21.3. The third-order valence-electron chi connectivity index (χ3n) is 5.22. The van der Waals surface area contributed by atoms with Gasteiger partial charge in [0.25, 0.3) is 0 Å². The van der Waals surface area contributed by atoms with Crippen LogP contribution in [0.15, 0.2) is 24.3 Å². The van der Waals surface area contributed by atoms with E-state index in [1.807, 2.05) is 11.0 Å². The summed E-state index contributed by atoms with van der Waals surface area (Å²) in [7, 11) is 0. The minimum atomic E-state index is 0.0736. The third-order valence-corrected chi connectivity index (χ3v) is 5.22. The molecule has 0 saturated carbocycles. The second-order valence-corrected chi connectivity index (χ2v) is 6.53. The number of hydrogen-bond acceptors (Lipinski definition) is 2. The van der Waals surface area contributed by atoms with Gasteiger partial charge in [-0.1, -0.05) is 18.2 Å². The molecule has 2 heterocycles. The van der Waals surface area contributed by atoms with E-state index >= 15 is 0 Å². The van der Waals surface area contributed by atoms with Crippen molar-refractivity contribution in [3.05, 3.63) is 35.5 Å². The number of amides is 2. The van der Waals surface area contributed by atoms with E-state index in [2.05, 4.69) is 23.2 Å². The number of aryl methyl sites for hydroxylation is 1. The van der Waals surface area contributed by atoms with Crippen LogP contribution in [-0.2, 0) is 22.4 Å². The molecule has 2 aromatic rings. The Morgan fingerprint density at radius 3 is 2.74 bits per heavy atom. The summed E-state index contributed by atoms with van der Waals surface area (Å²) in [5.41, 5.74) is 3.78. The molecule has 4 rings (SSSR count). The first-order chi connectivity index (χ1) is 11.3. The van der Waals surface area contributed by atoms with Crippen molar-refractivity contribution in [1.82, 2.24) is 14.8 Å². The van der Waals surface area contributed by atoms with Crippen LogP contribution < -0.4 is 0 Å². The van der Waals surface area contributed by atoms with Gasteiger partial charge in [0.1, 0.15) is 0 Å². The van der Waals surface area contributed by atoms with Gasteiger partial charge in [0.2, 0.25) is 12.3 Å². The zero-order valence-electron chi connectivity index (χ0n) is 13.1. The molecular formula is C18H21N3O2. The quantitative estimate of drug-likeness (QED) is 0.856. The number of para-hydroxylation sites is 1. The van der Waals surface area contributed by atoms with E-state index in [0.717, 1.165) is 25.7 Å². The maximum Gasteiger partial charge on any atom is 0.226 e. The van der Waals surface area contributed by atoms with Crippen LogP contribution in [0.5, 0.6) is 0 Å². The standard InChI is InChI=1S/C18H21N3O2/c22-12-20-7-9-21(10-8-20)18(23)13-5-6-17-15(11-13)14-3-1-2-4-16(14)19-17/h1-4,12-13,19H,5-11H2. The molecule has 5 heteroatoms. The van der Waals surface area contributed by atoms with Gasteiger partial charge >= 0.3 is 0 Å². The highest BCUT2D eigenvalue weighted by atomic mass is 16.2. The van der Waals surface area contributed by atoms with Crippen molar-refractivity contribution < 1.29 is 9.59 Å². The van der Waals surface area contributed by atoms with E-state index in [1.54, 1.807) is 4.90 Å². The lowest BCUT2D eigenvalue weighted by Crippen LogP contribution is -2.50. The molecule has 1 aliphatic carbocycles. The Morgan fingerprint density at radius 1 is 1.17 bits per heavy atom. The summed E-state index contributed by atoms with van der Waals surface area (Å²) in [4.78, 5) is 30.8. The molecule has 0 spiro atoms. The van der Waals surface area contributed by atoms with E-state index in [-0.39, 0.29) is 11.8 Å². The number of nitrogens with zero attached hydrogens (tertiary/aromatic N) is 2. The summed E-state index contributed by atoms with van der Waals surface area (Å²) in [6.45, 7) is 2.63. The highest BCUT2D eigenvalue weighted by Gasteiger charge is 2.31. The Morgan fingerprint density at radius 2 is 1.96 bits per heavy atom. The Kier molecular flexibility index (Phi) is 3.56. The molecule has 0 bridgehead atoms. The number of piperazine rings is 1. The molecule has 1 aromatic heterocycles. The van der Waals surface area contributed by atoms with Crippen LogP contribution in [0.3, 0.4) is 0 Å². The van der Waals surface area contributed by atoms with Crippen LogP contribution in [-0.4, -0.2) is 53.3 Å². The predicted octanol–water partition coefficient (Wildman–Crippen LogP) is 1.57. The van der Waals surface area contributed by atoms with Crippen LogP contribution in [0.25, 0.3) is 10.9 Å². The number of H-pyrrole nitrogens is 1. The average Bonchev–Trinajstić information content (AvgIpc) is 2.99. The van der Waals surface area contributed by atoms with Crippen molar-refractivity contribution in [2.75, 3.05) is 26.2 Å². The van der Waals surface area contributed by atoms with Crippen LogP contribution >= 0.6 is 0 Å². The fraction of sp³-hybridized carbons (Fsp3) is 0.444. The van der Waals surface area contributed by atoms with E-state index in [9.17, 15) is 9.59 Å². The van der Waals surface area contributed by atoms with Gasteiger partial charge in [-0.3, -0.25) is 9.59 Å². The minimum absolute atomic E-state index is 0.0736. The van der Waals surface area contributed by atoms with Gasteiger partial charge in [0.15, 0.2) is 0 Å². The molecule has 1 aliphatic heterocycles. The second-order valence-electron chi connectivity index (χ2n) is 6.53. The maximum atomic E-state index is 12.8. The molecule has 1 N–H and O–H groups in total. The van der Waals surface area contributed by atoms with Crippen molar-refractivity contribution in [3.8, 4) is 0 Å². The lowest BCUT2D eigenvalue weighted by Gasteiger charge is -2.35. The summed E-state index contributed by atoms with van der Waals surface area (Å²) >= 11 is 0. The SMILES string of the molecule is O=CN1CCN(C(=O)C2CCc3[nH]c4ccccc4c3C2)CC1. The highest BCUT2D eigenvalue weighted by Crippen LogP contribution is 2.32. The molecule has 5 nitrogen and oxygen atoms in total. The summed E-state index contributed by atoms with van der Waals surface area (Å²) in [6, 6.07) is 8.34. The van der Waals surface area contributed by atoms with Crippen molar-refractivity contribution in [2.45, 2.75) is 19.3 Å². The Bertz CT molecular complexity index is 744. The largest absolute Gasteiger partial charge is 0.358 e. The third kappa shape index (κ3) is 2.50. The first-order valence-corrected chi connectivity index (χ1v) is 8.33.